The first-order chi connectivity index (χ1) is 6.95. The Morgan fingerprint density at radius 1 is 1.07 bits per heavy atom. The molecule has 1 heteroatoms. The molecule has 1 aromatic carbocycles. The van der Waals surface area contributed by atoms with Gasteiger partial charge >= 0.3 is 92.4 Å². The molecule has 0 spiro atoms. The van der Waals surface area contributed by atoms with Crippen LogP contribution in [0.3, 0.4) is 0 Å². The SMILES string of the molecule is C1=CC([Se]c2ccccc2)CCCC1. The second kappa shape index (κ2) is 5.38. The van der Waals surface area contributed by atoms with Crippen LogP contribution in [0.15, 0.2) is 42.5 Å². The molecule has 0 bridgehead atoms. The van der Waals surface area contributed by atoms with Gasteiger partial charge in [0.25, 0.3) is 0 Å². The van der Waals surface area contributed by atoms with Crippen molar-refractivity contribution in [1.82, 2.24) is 0 Å². The van der Waals surface area contributed by atoms with Crippen LogP contribution in [0.1, 0.15) is 25.7 Å². The molecule has 1 aliphatic carbocycles. The van der Waals surface area contributed by atoms with Crippen molar-refractivity contribution < 1.29 is 0 Å². The van der Waals surface area contributed by atoms with Gasteiger partial charge in [-0.05, 0) is 0 Å². The molecule has 0 aliphatic heterocycles. The quantitative estimate of drug-likeness (QED) is 0.560. The van der Waals surface area contributed by atoms with Crippen molar-refractivity contribution in [3.05, 3.63) is 42.5 Å². The molecule has 0 saturated carbocycles. The van der Waals surface area contributed by atoms with Crippen LogP contribution in [0.4, 0.5) is 0 Å². The van der Waals surface area contributed by atoms with E-state index in [1.54, 1.807) is 0 Å². The van der Waals surface area contributed by atoms with E-state index in [1.807, 2.05) is 0 Å². The monoisotopic (exact) mass is 252 g/mol. The maximum atomic E-state index is 2.44. The van der Waals surface area contributed by atoms with E-state index in [2.05, 4.69) is 42.5 Å². The molecule has 0 amide bonds. The second-order valence-corrected chi connectivity index (χ2v) is 6.44. The molecule has 0 saturated heterocycles. The van der Waals surface area contributed by atoms with Crippen LogP contribution in [0.25, 0.3) is 0 Å². The van der Waals surface area contributed by atoms with Gasteiger partial charge in [-0.3, -0.25) is 0 Å². The van der Waals surface area contributed by atoms with Crippen molar-refractivity contribution in [3.63, 3.8) is 0 Å². The van der Waals surface area contributed by atoms with Gasteiger partial charge < -0.3 is 0 Å². The van der Waals surface area contributed by atoms with Crippen LogP contribution >= 0.6 is 0 Å². The van der Waals surface area contributed by atoms with E-state index in [9.17, 15) is 0 Å². The fourth-order valence-corrected chi connectivity index (χ4v) is 4.11. The molecule has 1 aromatic rings. The predicted molar refractivity (Wildman–Crippen MR) is 63.2 cm³/mol. The first kappa shape index (κ1) is 10.0. The summed E-state index contributed by atoms with van der Waals surface area (Å²) < 4.78 is 1.54. The van der Waals surface area contributed by atoms with Crippen LogP contribution < -0.4 is 4.46 Å². The molecule has 0 N–H and O–H groups in total. The van der Waals surface area contributed by atoms with Crippen LogP contribution in [0.5, 0.6) is 0 Å². The summed E-state index contributed by atoms with van der Waals surface area (Å²) in [7, 11) is 0. The van der Waals surface area contributed by atoms with Gasteiger partial charge in [-0.15, -0.1) is 0 Å². The van der Waals surface area contributed by atoms with Crippen molar-refractivity contribution in [2.45, 2.75) is 30.5 Å². The topological polar surface area (TPSA) is 0 Å². The van der Waals surface area contributed by atoms with Gasteiger partial charge in [0, 0.05) is 0 Å². The Morgan fingerprint density at radius 2 is 1.93 bits per heavy atom. The first-order valence-corrected chi connectivity index (χ1v) is 7.18. The third kappa shape index (κ3) is 3.01. The summed E-state index contributed by atoms with van der Waals surface area (Å²) in [6, 6.07) is 10.9. The number of benzene rings is 1. The molecule has 0 fully saturated rings. The number of rotatable bonds is 2. The van der Waals surface area contributed by atoms with Crippen molar-refractivity contribution in [1.29, 1.82) is 0 Å². The Kier molecular flexibility index (Phi) is 3.85. The zero-order chi connectivity index (χ0) is 9.64. The molecule has 0 radical (unpaired) electrons. The average molecular weight is 251 g/mol. The van der Waals surface area contributed by atoms with Crippen LogP contribution in [0, 0.1) is 0 Å². The van der Waals surface area contributed by atoms with E-state index in [0.717, 1.165) is 4.82 Å². The molecular formula is C13H16Se. The van der Waals surface area contributed by atoms with E-state index in [4.69, 9.17) is 0 Å². The minimum absolute atomic E-state index is 0.641. The Hall–Kier alpha value is -0.521. The van der Waals surface area contributed by atoms with Crippen LogP contribution in [-0.4, -0.2) is 15.0 Å². The Morgan fingerprint density at radius 3 is 2.79 bits per heavy atom. The number of hydrogen-bond donors (Lipinski definition) is 0. The fourth-order valence-electron chi connectivity index (χ4n) is 1.72. The zero-order valence-electron chi connectivity index (χ0n) is 8.36. The molecule has 14 heavy (non-hydrogen) atoms. The van der Waals surface area contributed by atoms with Crippen molar-refractivity contribution in [3.8, 4) is 0 Å². The zero-order valence-corrected chi connectivity index (χ0v) is 10.1. The number of hydrogen-bond acceptors (Lipinski definition) is 0. The molecule has 2 rings (SSSR count). The molecule has 74 valence electrons. The summed E-state index contributed by atoms with van der Waals surface area (Å²) in [6.45, 7) is 0. The average Bonchev–Trinajstić information content (AvgIpc) is 2.48. The molecule has 0 heterocycles. The minimum atomic E-state index is 0.641. The third-order valence-corrected chi connectivity index (χ3v) is 5.09. The Labute approximate surface area is 92.6 Å². The predicted octanol–water partition coefficient (Wildman–Crippen LogP) is 2.93. The maximum absolute atomic E-state index is 2.44. The summed E-state index contributed by atoms with van der Waals surface area (Å²) in [4.78, 5) is 0.840. The van der Waals surface area contributed by atoms with E-state index >= 15 is 0 Å². The van der Waals surface area contributed by atoms with Gasteiger partial charge in [0.1, 0.15) is 0 Å². The molecular weight excluding hydrogens is 235 g/mol. The summed E-state index contributed by atoms with van der Waals surface area (Å²) in [5, 5.41) is 0. The van der Waals surface area contributed by atoms with Crippen LogP contribution in [0.2, 0.25) is 4.82 Å². The van der Waals surface area contributed by atoms with Crippen molar-refractivity contribution in [2.24, 2.45) is 0 Å². The fraction of sp³-hybridized carbons (Fsp3) is 0.385. The summed E-state index contributed by atoms with van der Waals surface area (Å²) >= 11 is 0.641. The van der Waals surface area contributed by atoms with E-state index < -0.39 is 0 Å². The van der Waals surface area contributed by atoms with E-state index in [-0.39, 0.29) is 0 Å². The van der Waals surface area contributed by atoms with Gasteiger partial charge in [-0.2, -0.15) is 0 Å². The van der Waals surface area contributed by atoms with Crippen molar-refractivity contribution in [2.75, 3.05) is 0 Å². The summed E-state index contributed by atoms with van der Waals surface area (Å²) in [6.07, 6.45) is 10.3. The molecule has 0 nitrogen and oxygen atoms in total. The van der Waals surface area contributed by atoms with Gasteiger partial charge in [-0.1, -0.05) is 0 Å². The third-order valence-electron chi connectivity index (χ3n) is 2.49. The van der Waals surface area contributed by atoms with E-state index in [1.165, 1.54) is 30.1 Å². The summed E-state index contributed by atoms with van der Waals surface area (Å²) in [5.74, 6) is 0. The standard InChI is InChI=1S/C13H16Se/c1-2-5-9-12(8-4-1)14-13-10-6-3-7-11-13/h3-4,6-8,10-12H,1-2,5,9H2. The molecule has 1 aliphatic rings. The van der Waals surface area contributed by atoms with E-state index in [0.29, 0.717) is 15.0 Å². The second-order valence-electron chi connectivity index (χ2n) is 3.68. The van der Waals surface area contributed by atoms with Gasteiger partial charge in [0.15, 0.2) is 0 Å². The Balaban J connectivity index is 1.96. The number of allylic oxidation sites excluding steroid dienone is 2. The molecule has 1 atom stereocenters. The van der Waals surface area contributed by atoms with Gasteiger partial charge in [0.05, 0.1) is 0 Å². The summed E-state index contributed by atoms with van der Waals surface area (Å²) in [5.41, 5.74) is 0. The van der Waals surface area contributed by atoms with Crippen LogP contribution in [-0.2, 0) is 0 Å². The molecule has 0 aromatic heterocycles. The Bertz CT molecular complexity index is 289. The van der Waals surface area contributed by atoms with Crippen molar-refractivity contribution >= 4 is 19.4 Å². The normalized spacial score (nSPS) is 21.9. The molecule has 1 unspecified atom stereocenters. The van der Waals surface area contributed by atoms with Gasteiger partial charge in [-0.25, -0.2) is 0 Å². The first-order valence-electron chi connectivity index (χ1n) is 5.33. The van der Waals surface area contributed by atoms with Gasteiger partial charge in [0.2, 0.25) is 0 Å².